The summed E-state index contributed by atoms with van der Waals surface area (Å²) < 4.78 is 0. The molecule has 3 nitrogen and oxygen atoms in total. The third-order valence-corrected chi connectivity index (χ3v) is 4.13. The van der Waals surface area contributed by atoms with Gasteiger partial charge in [0.05, 0.1) is 5.92 Å². The summed E-state index contributed by atoms with van der Waals surface area (Å²) in [5.41, 5.74) is 5.94. The molecular weight excluding hydrogens is 202 g/mol. The van der Waals surface area contributed by atoms with E-state index in [-0.39, 0.29) is 6.04 Å². The molecule has 3 heteroatoms. The van der Waals surface area contributed by atoms with Gasteiger partial charge in [-0.1, -0.05) is 46.0 Å². The molecule has 94 valence electrons. The lowest BCUT2D eigenvalue weighted by Crippen LogP contribution is -2.36. The fourth-order valence-corrected chi connectivity index (χ4v) is 2.71. The van der Waals surface area contributed by atoms with Crippen molar-refractivity contribution in [2.45, 2.75) is 58.4 Å². The van der Waals surface area contributed by atoms with Crippen molar-refractivity contribution in [2.24, 2.45) is 23.5 Å². The zero-order valence-corrected chi connectivity index (χ0v) is 10.5. The zero-order chi connectivity index (χ0) is 12.1. The molecule has 0 radical (unpaired) electrons. The molecule has 0 saturated heterocycles. The van der Waals surface area contributed by atoms with Crippen LogP contribution in [0.5, 0.6) is 0 Å². The Hall–Kier alpha value is -0.570. The Bertz CT molecular complexity index is 224. The topological polar surface area (TPSA) is 63.3 Å². The van der Waals surface area contributed by atoms with E-state index in [2.05, 4.69) is 6.92 Å². The molecule has 0 amide bonds. The van der Waals surface area contributed by atoms with Crippen LogP contribution in [0, 0.1) is 17.8 Å². The van der Waals surface area contributed by atoms with Gasteiger partial charge in [0.1, 0.15) is 0 Å². The number of carboxylic acids is 1. The number of rotatable bonds is 5. The Balaban J connectivity index is 2.37. The molecule has 1 rings (SSSR count). The number of nitrogens with two attached hydrogens (primary N) is 1. The SMILES string of the molecule is CC(CC(N)C(C)C(=O)O)C1CCCCC1. The van der Waals surface area contributed by atoms with E-state index in [1.54, 1.807) is 6.92 Å². The van der Waals surface area contributed by atoms with Crippen molar-refractivity contribution < 1.29 is 9.90 Å². The first-order valence-corrected chi connectivity index (χ1v) is 6.50. The number of hydrogen-bond donors (Lipinski definition) is 2. The minimum Gasteiger partial charge on any atom is -0.481 e. The van der Waals surface area contributed by atoms with Gasteiger partial charge in [0.25, 0.3) is 0 Å². The Morgan fingerprint density at radius 3 is 2.38 bits per heavy atom. The molecule has 0 aliphatic heterocycles. The summed E-state index contributed by atoms with van der Waals surface area (Å²) in [5.74, 6) is 0.132. The molecule has 3 N–H and O–H groups in total. The molecule has 1 aliphatic rings. The van der Waals surface area contributed by atoms with E-state index in [0.29, 0.717) is 5.92 Å². The molecule has 0 aromatic rings. The van der Waals surface area contributed by atoms with Crippen LogP contribution >= 0.6 is 0 Å². The Morgan fingerprint density at radius 1 is 1.31 bits per heavy atom. The molecule has 3 atom stereocenters. The maximum atomic E-state index is 10.8. The van der Waals surface area contributed by atoms with E-state index in [1.165, 1.54) is 32.1 Å². The fourth-order valence-electron chi connectivity index (χ4n) is 2.71. The number of aliphatic carboxylic acids is 1. The number of hydrogen-bond acceptors (Lipinski definition) is 2. The summed E-state index contributed by atoms with van der Waals surface area (Å²) in [5, 5.41) is 8.90. The van der Waals surface area contributed by atoms with Crippen LogP contribution in [-0.4, -0.2) is 17.1 Å². The lowest BCUT2D eigenvalue weighted by atomic mass is 9.77. The van der Waals surface area contributed by atoms with Crippen LogP contribution in [0.2, 0.25) is 0 Å². The predicted octanol–water partition coefficient (Wildman–Crippen LogP) is 2.64. The minimum absolute atomic E-state index is 0.200. The van der Waals surface area contributed by atoms with E-state index in [0.717, 1.165) is 12.3 Å². The summed E-state index contributed by atoms with van der Waals surface area (Å²) in [6.45, 7) is 3.94. The summed E-state index contributed by atoms with van der Waals surface area (Å²) >= 11 is 0. The van der Waals surface area contributed by atoms with Gasteiger partial charge in [-0.2, -0.15) is 0 Å². The summed E-state index contributed by atoms with van der Waals surface area (Å²) in [6.07, 6.45) is 7.47. The van der Waals surface area contributed by atoms with E-state index < -0.39 is 11.9 Å². The van der Waals surface area contributed by atoms with Crippen molar-refractivity contribution in [3.8, 4) is 0 Å². The van der Waals surface area contributed by atoms with Gasteiger partial charge < -0.3 is 10.8 Å². The normalized spacial score (nSPS) is 23.7. The van der Waals surface area contributed by atoms with Gasteiger partial charge in [-0.3, -0.25) is 4.79 Å². The third-order valence-electron chi connectivity index (χ3n) is 4.13. The third kappa shape index (κ3) is 3.78. The van der Waals surface area contributed by atoms with Gasteiger partial charge in [0.2, 0.25) is 0 Å². The van der Waals surface area contributed by atoms with Crippen LogP contribution in [-0.2, 0) is 4.79 Å². The molecule has 0 aromatic heterocycles. The van der Waals surface area contributed by atoms with E-state index >= 15 is 0 Å². The first-order valence-electron chi connectivity index (χ1n) is 6.50. The largest absolute Gasteiger partial charge is 0.481 e. The molecule has 1 saturated carbocycles. The molecule has 16 heavy (non-hydrogen) atoms. The molecule has 0 bridgehead atoms. The molecule has 1 aliphatic carbocycles. The molecule has 0 spiro atoms. The molecule has 0 heterocycles. The second-order valence-electron chi connectivity index (χ2n) is 5.40. The van der Waals surface area contributed by atoms with Gasteiger partial charge in [-0.15, -0.1) is 0 Å². The van der Waals surface area contributed by atoms with E-state index in [9.17, 15) is 4.79 Å². The van der Waals surface area contributed by atoms with Crippen molar-refractivity contribution >= 4 is 5.97 Å². The molecule has 1 fully saturated rings. The van der Waals surface area contributed by atoms with E-state index in [4.69, 9.17) is 10.8 Å². The van der Waals surface area contributed by atoms with Crippen LogP contribution in [0.25, 0.3) is 0 Å². The fraction of sp³-hybridized carbons (Fsp3) is 0.923. The lowest BCUT2D eigenvalue weighted by Gasteiger charge is -2.30. The molecular formula is C13H25NO2. The minimum atomic E-state index is -0.775. The van der Waals surface area contributed by atoms with Crippen LogP contribution in [0.15, 0.2) is 0 Å². The maximum absolute atomic E-state index is 10.8. The highest BCUT2D eigenvalue weighted by Gasteiger charge is 2.26. The average Bonchev–Trinajstić information content (AvgIpc) is 2.28. The quantitative estimate of drug-likeness (QED) is 0.759. The van der Waals surface area contributed by atoms with Crippen LogP contribution in [0.4, 0.5) is 0 Å². The van der Waals surface area contributed by atoms with Gasteiger partial charge in [-0.05, 0) is 18.3 Å². The van der Waals surface area contributed by atoms with Crippen molar-refractivity contribution in [2.75, 3.05) is 0 Å². The standard InChI is InChI=1S/C13H25NO2/c1-9(11-6-4-3-5-7-11)8-12(14)10(2)13(15)16/h9-12H,3-8,14H2,1-2H3,(H,15,16). The van der Waals surface area contributed by atoms with E-state index in [1.807, 2.05) is 0 Å². The monoisotopic (exact) mass is 227 g/mol. The predicted molar refractivity (Wildman–Crippen MR) is 65.1 cm³/mol. The number of carbonyl (C=O) groups is 1. The first kappa shape index (κ1) is 13.5. The van der Waals surface area contributed by atoms with Crippen molar-refractivity contribution in [3.63, 3.8) is 0 Å². The van der Waals surface area contributed by atoms with Crippen LogP contribution in [0.3, 0.4) is 0 Å². The Kier molecular flexibility index (Phi) is 5.26. The van der Waals surface area contributed by atoms with Crippen LogP contribution < -0.4 is 5.73 Å². The second kappa shape index (κ2) is 6.24. The highest BCUT2D eigenvalue weighted by Crippen LogP contribution is 2.32. The van der Waals surface area contributed by atoms with Gasteiger partial charge in [0.15, 0.2) is 0 Å². The molecule has 0 aromatic carbocycles. The zero-order valence-electron chi connectivity index (χ0n) is 10.5. The van der Waals surface area contributed by atoms with Crippen molar-refractivity contribution in [1.29, 1.82) is 0 Å². The molecule has 3 unspecified atom stereocenters. The first-order chi connectivity index (χ1) is 7.52. The summed E-state index contributed by atoms with van der Waals surface area (Å²) in [4.78, 5) is 10.8. The highest BCUT2D eigenvalue weighted by atomic mass is 16.4. The Labute approximate surface area is 98.4 Å². The van der Waals surface area contributed by atoms with Crippen LogP contribution in [0.1, 0.15) is 52.4 Å². The lowest BCUT2D eigenvalue weighted by molar-refractivity contribution is -0.141. The summed E-state index contributed by atoms with van der Waals surface area (Å²) in [6, 6.07) is -0.200. The van der Waals surface area contributed by atoms with Gasteiger partial charge in [0, 0.05) is 6.04 Å². The maximum Gasteiger partial charge on any atom is 0.307 e. The number of carboxylic acid groups (broad SMARTS) is 1. The second-order valence-corrected chi connectivity index (χ2v) is 5.40. The summed E-state index contributed by atoms with van der Waals surface area (Å²) in [7, 11) is 0. The smallest absolute Gasteiger partial charge is 0.307 e. The van der Waals surface area contributed by atoms with Crippen molar-refractivity contribution in [3.05, 3.63) is 0 Å². The Morgan fingerprint density at radius 2 is 1.88 bits per heavy atom. The van der Waals surface area contributed by atoms with Gasteiger partial charge in [-0.25, -0.2) is 0 Å². The van der Waals surface area contributed by atoms with Gasteiger partial charge >= 0.3 is 5.97 Å². The van der Waals surface area contributed by atoms with Crippen molar-refractivity contribution in [1.82, 2.24) is 0 Å². The highest BCUT2D eigenvalue weighted by molar-refractivity contribution is 5.70. The average molecular weight is 227 g/mol.